The first-order valence-corrected chi connectivity index (χ1v) is 9.55. The van der Waals surface area contributed by atoms with Crippen LogP contribution in [0.15, 0.2) is 4.99 Å². The maximum atomic E-state index is 5.86. The summed E-state index contributed by atoms with van der Waals surface area (Å²) in [5.74, 6) is 1.88. The van der Waals surface area contributed by atoms with Crippen molar-refractivity contribution in [2.24, 2.45) is 10.7 Å². The molecule has 7 heteroatoms. The van der Waals surface area contributed by atoms with Gasteiger partial charge in [0.05, 0.1) is 13.2 Å². The topological polar surface area (TPSA) is 62.9 Å². The van der Waals surface area contributed by atoms with E-state index in [0.717, 1.165) is 52.4 Å². The Morgan fingerprint density at radius 2 is 1.91 bits per heavy atom. The lowest BCUT2D eigenvalue weighted by atomic mass is 10.2. The summed E-state index contributed by atoms with van der Waals surface area (Å²) in [5.41, 5.74) is 5.86. The number of morpholine rings is 1. The van der Waals surface area contributed by atoms with Crippen molar-refractivity contribution in [3.05, 3.63) is 0 Å². The third-order valence-corrected chi connectivity index (χ3v) is 4.30. The molecule has 3 N–H and O–H groups in total. The van der Waals surface area contributed by atoms with Crippen LogP contribution in [0.25, 0.3) is 0 Å². The number of rotatable bonds is 11. The number of ether oxygens (including phenoxy) is 1. The van der Waals surface area contributed by atoms with Crippen LogP contribution in [0.3, 0.4) is 0 Å². The highest BCUT2D eigenvalue weighted by atomic mass is 127. The third kappa shape index (κ3) is 12.8. The number of nitrogens with zero attached hydrogens (tertiary/aromatic N) is 2. The molecule has 132 valence electrons. The van der Waals surface area contributed by atoms with E-state index in [4.69, 9.17) is 10.5 Å². The SMILES string of the molecule is CSCCCCCCNC(N)=NCCCN1CCOCC1.I. The fourth-order valence-electron chi connectivity index (χ4n) is 2.32. The third-order valence-electron chi connectivity index (χ3n) is 3.60. The molecule has 0 aromatic carbocycles. The van der Waals surface area contributed by atoms with Crippen molar-refractivity contribution < 1.29 is 4.74 Å². The van der Waals surface area contributed by atoms with E-state index in [-0.39, 0.29) is 24.0 Å². The lowest BCUT2D eigenvalue weighted by Gasteiger charge is -2.26. The predicted molar refractivity (Wildman–Crippen MR) is 109 cm³/mol. The van der Waals surface area contributed by atoms with Gasteiger partial charge in [-0.15, -0.1) is 24.0 Å². The molecule has 0 saturated carbocycles. The lowest BCUT2D eigenvalue weighted by Crippen LogP contribution is -2.37. The minimum Gasteiger partial charge on any atom is -0.379 e. The van der Waals surface area contributed by atoms with Gasteiger partial charge in [-0.25, -0.2) is 0 Å². The molecule has 1 heterocycles. The number of hydrogen-bond donors (Lipinski definition) is 2. The standard InChI is InChI=1S/C15H32N4OS.HI/c1-21-14-5-3-2-4-7-17-15(16)18-8-6-9-19-10-12-20-13-11-19;/h2-14H2,1H3,(H3,16,17,18);1H. The van der Waals surface area contributed by atoms with Crippen LogP contribution >= 0.6 is 35.7 Å². The van der Waals surface area contributed by atoms with Gasteiger partial charge in [-0.05, 0) is 31.3 Å². The van der Waals surface area contributed by atoms with Gasteiger partial charge in [0, 0.05) is 32.7 Å². The van der Waals surface area contributed by atoms with E-state index in [2.05, 4.69) is 21.5 Å². The number of guanidine groups is 1. The van der Waals surface area contributed by atoms with Crippen LogP contribution < -0.4 is 11.1 Å². The Morgan fingerprint density at radius 1 is 1.18 bits per heavy atom. The van der Waals surface area contributed by atoms with Crippen molar-refractivity contribution in [3.63, 3.8) is 0 Å². The summed E-state index contributed by atoms with van der Waals surface area (Å²) in [4.78, 5) is 6.81. The normalized spacial score (nSPS) is 16.3. The molecule has 0 atom stereocenters. The summed E-state index contributed by atoms with van der Waals surface area (Å²) >= 11 is 1.93. The van der Waals surface area contributed by atoms with Gasteiger partial charge in [0.25, 0.3) is 0 Å². The Balaban J connectivity index is 0.00000441. The van der Waals surface area contributed by atoms with Gasteiger partial charge in [0.15, 0.2) is 5.96 Å². The van der Waals surface area contributed by atoms with Crippen LogP contribution in [-0.4, -0.2) is 68.8 Å². The first kappa shape index (κ1) is 22.3. The van der Waals surface area contributed by atoms with Gasteiger partial charge >= 0.3 is 0 Å². The van der Waals surface area contributed by atoms with E-state index in [9.17, 15) is 0 Å². The Bertz CT molecular complexity index is 276. The van der Waals surface area contributed by atoms with Gasteiger partial charge in [-0.3, -0.25) is 9.89 Å². The minimum atomic E-state index is 0. The minimum absolute atomic E-state index is 0. The van der Waals surface area contributed by atoms with E-state index >= 15 is 0 Å². The van der Waals surface area contributed by atoms with Crippen molar-refractivity contribution in [3.8, 4) is 0 Å². The molecule has 1 saturated heterocycles. The Labute approximate surface area is 157 Å². The van der Waals surface area contributed by atoms with Crippen LogP contribution in [0.2, 0.25) is 0 Å². The molecule has 1 rings (SSSR count). The van der Waals surface area contributed by atoms with Crippen LogP contribution in [0.4, 0.5) is 0 Å². The van der Waals surface area contributed by atoms with E-state index < -0.39 is 0 Å². The molecule has 1 fully saturated rings. The highest BCUT2D eigenvalue weighted by Gasteiger charge is 2.08. The molecular formula is C15H33IN4OS. The number of thioether (sulfide) groups is 1. The molecule has 0 bridgehead atoms. The van der Waals surface area contributed by atoms with Gasteiger partial charge in [0.1, 0.15) is 0 Å². The zero-order valence-electron chi connectivity index (χ0n) is 13.9. The number of unbranched alkanes of at least 4 members (excludes halogenated alkanes) is 3. The first-order valence-electron chi connectivity index (χ1n) is 8.16. The summed E-state index contributed by atoms with van der Waals surface area (Å²) in [5, 5.41) is 3.20. The molecule has 0 aromatic rings. The summed E-state index contributed by atoms with van der Waals surface area (Å²) in [6.45, 7) is 6.67. The van der Waals surface area contributed by atoms with Crippen LogP contribution in [0.5, 0.6) is 0 Å². The zero-order chi connectivity index (χ0) is 15.2. The molecule has 1 aliphatic rings. The highest BCUT2D eigenvalue weighted by Crippen LogP contribution is 2.03. The molecular weight excluding hydrogens is 411 g/mol. The van der Waals surface area contributed by atoms with E-state index in [0.29, 0.717) is 5.96 Å². The number of nitrogens with two attached hydrogens (primary N) is 1. The van der Waals surface area contributed by atoms with Crippen molar-refractivity contribution in [2.45, 2.75) is 32.1 Å². The number of aliphatic imine (C=N–C) groups is 1. The maximum Gasteiger partial charge on any atom is 0.188 e. The molecule has 0 aromatic heterocycles. The molecule has 0 unspecified atom stereocenters. The van der Waals surface area contributed by atoms with E-state index in [1.807, 2.05) is 11.8 Å². The zero-order valence-corrected chi connectivity index (χ0v) is 17.0. The van der Waals surface area contributed by atoms with Gasteiger partial charge in [-0.1, -0.05) is 12.8 Å². The number of nitrogens with one attached hydrogen (secondary N) is 1. The van der Waals surface area contributed by atoms with Crippen molar-refractivity contribution in [1.29, 1.82) is 0 Å². The first-order chi connectivity index (χ1) is 10.3. The van der Waals surface area contributed by atoms with E-state index in [1.54, 1.807) is 0 Å². The van der Waals surface area contributed by atoms with Crippen molar-refractivity contribution in [1.82, 2.24) is 10.2 Å². The summed E-state index contributed by atoms with van der Waals surface area (Å²) < 4.78 is 5.33. The molecule has 0 spiro atoms. The quantitative estimate of drug-likeness (QED) is 0.221. The Hall–Kier alpha value is 0.270. The second kappa shape index (κ2) is 16.1. The summed E-state index contributed by atoms with van der Waals surface area (Å²) in [7, 11) is 0. The van der Waals surface area contributed by atoms with Crippen LogP contribution in [-0.2, 0) is 4.74 Å². The van der Waals surface area contributed by atoms with Gasteiger partial charge in [-0.2, -0.15) is 11.8 Å². The largest absolute Gasteiger partial charge is 0.379 e. The smallest absolute Gasteiger partial charge is 0.188 e. The number of halogens is 1. The Morgan fingerprint density at radius 3 is 2.64 bits per heavy atom. The average Bonchev–Trinajstić information content (AvgIpc) is 2.52. The molecule has 0 radical (unpaired) electrons. The lowest BCUT2D eigenvalue weighted by molar-refractivity contribution is 0.0377. The fourth-order valence-corrected chi connectivity index (χ4v) is 2.81. The van der Waals surface area contributed by atoms with Gasteiger partial charge < -0.3 is 15.8 Å². The monoisotopic (exact) mass is 444 g/mol. The van der Waals surface area contributed by atoms with Crippen molar-refractivity contribution in [2.75, 3.05) is 57.9 Å². The highest BCUT2D eigenvalue weighted by molar-refractivity contribution is 14.0. The molecule has 1 aliphatic heterocycles. The predicted octanol–water partition coefficient (Wildman–Crippen LogP) is 2.15. The van der Waals surface area contributed by atoms with Crippen molar-refractivity contribution >= 4 is 41.7 Å². The van der Waals surface area contributed by atoms with E-state index in [1.165, 1.54) is 31.4 Å². The Kier molecular flexibility index (Phi) is 16.3. The second-order valence-electron chi connectivity index (χ2n) is 5.41. The maximum absolute atomic E-state index is 5.86. The number of hydrogen-bond acceptors (Lipinski definition) is 4. The fraction of sp³-hybridized carbons (Fsp3) is 0.933. The molecule has 22 heavy (non-hydrogen) atoms. The molecule has 0 amide bonds. The molecule has 0 aliphatic carbocycles. The van der Waals surface area contributed by atoms with Crippen LogP contribution in [0.1, 0.15) is 32.1 Å². The molecule has 5 nitrogen and oxygen atoms in total. The summed E-state index contributed by atoms with van der Waals surface area (Å²) in [6.07, 6.45) is 8.33. The van der Waals surface area contributed by atoms with Crippen LogP contribution in [0, 0.1) is 0 Å². The summed E-state index contributed by atoms with van der Waals surface area (Å²) in [6, 6.07) is 0. The van der Waals surface area contributed by atoms with Gasteiger partial charge in [0.2, 0.25) is 0 Å². The second-order valence-corrected chi connectivity index (χ2v) is 6.39. The average molecular weight is 444 g/mol.